The lowest BCUT2D eigenvalue weighted by atomic mass is 10.4. The molecule has 17 heavy (non-hydrogen) atoms. The highest BCUT2D eigenvalue weighted by molar-refractivity contribution is 9.11. The average Bonchev–Trinajstić information content (AvgIpc) is 2.69. The highest BCUT2D eigenvalue weighted by atomic mass is 79.9. The third kappa shape index (κ3) is 2.07. The molecule has 0 unspecified atom stereocenters. The van der Waals surface area contributed by atoms with Gasteiger partial charge in [0.15, 0.2) is 15.4 Å². The Kier molecular flexibility index (Phi) is 2.85. The van der Waals surface area contributed by atoms with Crippen LogP contribution >= 0.6 is 27.3 Å². The van der Waals surface area contributed by atoms with Gasteiger partial charge in [0.05, 0.1) is 13.2 Å². The van der Waals surface area contributed by atoms with E-state index in [-0.39, 0.29) is 5.95 Å². The largest absolute Gasteiger partial charge is 0.378 e. The van der Waals surface area contributed by atoms with Gasteiger partial charge in [0.25, 0.3) is 0 Å². The van der Waals surface area contributed by atoms with Gasteiger partial charge in [-0.1, -0.05) is 0 Å². The van der Waals surface area contributed by atoms with Crippen molar-refractivity contribution in [3.8, 4) is 0 Å². The normalized spacial score (nSPS) is 16.6. The predicted octanol–water partition coefficient (Wildman–Crippen LogP) is 1.27. The van der Waals surface area contributed by atoms with Crippen molar-refractivity contribution in [2.24, 2.45) is 0 Å². The number of fused-ring (bicyclic) bond motifs is 1. The van der Waals surface area contributed by atoms with E-state index in [1.54, 1.807) is 0 Å². The van der Waals surface area contributed by atoms with Gasteiger partial charge in [0.1, 0.15) is 4.70 Å². The number of nitrogen functional groups attached to an aromatic ring is 1. The molecule has 1 aliphatic rings. The van der Waals surface area contributed by atoms with Crippen molar-refractivity contribution in [2.75, 3.05) is 36.9 Å². The molecule has 1 saturated heterocycles. The summed E-state index contributed by atoms with van der Waals surface area (Å²) in [5.41, 5.74) is 6.36. The van der Waals surface area contributed by atoms with Crippen molar-refractivity contribution < 1.29 is 4.74 Å². The second-order valence-corrected chi connectivity index (χ2v) is 5.90. The number of nitrogens with two attached hydrogens (primary N) is 1. The van der Waals surface area contributed by atoms with Crippen LogP contribution < -0.4 is 10.6 Å². The van der Waals surface area contributed by atoms with Crippen molar-refractivity contribution in [2.45, 2.75) is 0 Å². The van der Waals surface area contributed by atoms with E-state index >= 15 is 0 Å². The van der Waals surface area contributed by atoms with Crippen LogP contribution in [0.3, 0.4) is 0 Å². The van der Waals surface area contributed by atoms with Crippen molar-refractivity contribution >= 4 is 49.4 Å². The van der Waals surface area contributed by atoms with Crippen LogP contribution in [0, 0.1) is 0 Å². The van der Waals surface area contributed by atoms with Gasteiger partial charge in [-0.05, 0) is 15.9 Å². The number of halogens is 1. The molecule has 2 aromatic heterocycles. The fourth-order valence-corrected chi connectivity index (χ4v) is 3.19. The number of aromatic nitrogens is 3. The van der Waals surface area contributed by atoms with Crippen molar-refractivity contribution in [1.82, 2.24) is 15.0 Å². The molecule has 2 N–H and O–H groups in total. The van der Waals surface area contributed by atoms with Crippen LogP contribution in [0.4, 0.5) is 11.8 Å². The molecule has 0 saturated carbocycles. The molecule has 0 radical (unpaired) electrons. The minimum absolute atomic E-state index is 0.261. The molecule has 0 bridgehead atoms. The van der Waals surface area contributed by atoms with Crippen LogP contribution in [0.1, 0.15) is 0 Å². The topological polar surface area (TPSA) is 77.2 Å². The molecule has 0 aliphatic carbocycles. The minimum Gasteiger partial charge on any atom is -0.378 e. The van der Waals surface area contributed by atoms with E-state index < -0.39 is 0 Å². The Bertz CT molecular complexity index is 554. The Balaban J connectivity index is 2.12. The average molecular weight is 316 g/mol. The summed E-state index contributed by atoms with van der Waals surface area (Å²) in [4.78, 5) is 14.9. The molecule has 0 spiro atoms. The minimum atomic E-state index is 0.261. The van der Waals surface area contributed by atoms with Gasteiger partial charge in [0, 0.05) is 13.1 Å². The molecule has 6 nitrogen and oxygen atoms in total. The summed E-state index contributed by atoms with van der Waals surface area (Å²) >= 11 is 4.89. The lowest BCUT2D eigenvalue weighted by Gasteiger charge is -2.27. The molecule has 2 aromatic rings. The van der Waals surface area contributed by atoms with Gasteiger partial charge in [-0.3, -0.25) is 0 Å². The van der Waals surface area contributed by atoms with E-state index in [2.05, 4.69) is 35.8 Å². The molecule has 0 aromatic carbocycles. The molecule has 0 amide bonds. The smallest absolute Gasteiger partial charge is 0.224 e. The summed E-state index contributed by atoms with van der Waals surface area (Å²) in [7, 11) is 0. The first-order valence-electron chi connectivity index (χ1n) is 5.16. The van der Waals surface area contributed by atoms with Gasteiger partial charge in [-0.15, -0.1) is 11.3 Å². The van der Waals surface area contributed by atoms with E-state index in [0.29, 0.717) is 18.9 Å². The standard InChI is InChI=1S/C9H10BrN5OS/c10-8-12-6-5(17-8)7(14-9(11)13-6)15-1-3-16-4-2-15/h1-4H2,(H2,11,13,14). The quantitative estimate of drug-likeness (QED) is 0.854. The molecule has 0 atom stereocenters. The van der Waals surface area contributed by atoms with Crippen LogP contribution in [-0.2, 0) is 4.74 Å². The lowest BCUT2D eigenvalue weighted by molar-refractivity contribution is 0.122. The molecule has 1 fully saturated rings. The van der Waals surface area contributed by atoms with E-state index in [1.807, 2.05) is 0 Å². The molecule has 3 rings (SSSR count). The zero-order chi connectivity index (χ0) is 11.8. The highest BCUT2D eigenvalue weighted by Gasteiger charge is 2.19. The van der Waals surface area contributed by atoms with Crippen LogP contribution in [0.5, 0.6) is 0 Å². The predicted molar refractivity (Wildman–Crippen MR) is 70.4 cm³/mol. The third-order valence-corrected chi connectivity index (χ3v) is 4.03. The highest BCUT2D eigenvalue weighted by Crippen LogP contribution is 2.32. The molecule has 90 valence electrons. The van der Waals surface area contributed by atoms with Gasteiger partial charge in [-0.25, -0.2) is 4.98 Å². The van der Waals surface area contributed by atoms with Crippen molar-refractivity contribution in [3.63, 3.8) is 0 Å². The number of hydrogen-bond donors (Lipinski definition) is 1. The molecular formula is C9H10BrN5OS. The summed E-state index contributed by atoms with van der Waals surface area (Å²) < 4.78 is 7.09. The second kappa shape index (κ2) is 4.35. The third-order valence-electron chi connectivity index (χ3n) is 2.54. The van der Waals surface area contributed by atoms with E-state index in [1.165, 1.54) is 11.3 Å². The first-order valence-corrected chi connectivity index (χ1v) is 6.77. The number of morpholine rings is 1. The monoisotopic (exact) mass is 315 g/mol. The van der Waals surface area contributed by atoms with Crippen LogP contribution in [0.2, 0.25) is 0 Å². The zero-order valence-electron chi connectivity index (χ0n) is 8.89. The fraction of sp³-hybridized carbons (Fsp3) is 0.444. The lowest BCUT2D eigenvalue weighted by Crippen LogP contribution is -2.37. The Labute approximate surface area is 110 Å². The van der Waals surface area contributed by atoms with Crippen molar-refractivity contribution in [1.29, 1.82) is 0 Å². The number of hydrogen-bond acceptors (Lipinski definition) is 7. The summed E-state index contributed by atoms with van der Waals surface area (Å²) in [6.45, 7) is 3.07. The van der Waals surface area contributed by atoms with Gasteiger partial charge >= 0.3 is 0 Å². The van der Waals surface area contributed by atoms with E-state index in [0.717, 1.165) is 27.5 Å². The Hall–Kier alpha value is -0.990. The summed E-state index contributed by atoms with van der Waals surface area (Å²) in [5.74, 6) is 1.12. The number of rotatable bonds is 1. The maximum Gasteiger partial charge on any atom is 0.224 e. The van der Waals surface area contributed by atoms with Gasteiger partial charge < -0.3 is 15.4 Å². The maximum atomic E-state index is 5.71. The second-order valence-electron chi connectivity index (χ2n) is 3.62. The Morgan fingerprint density at radius 3 is 2.76 bits per heavy atom. The Morgan fingerprint density at radius 1 is 1.24 bits per heavy atom. The fourth-order valence-electron chi connectivity index (χ4n) is 1.79. The molecular weight excluding hydrogens is 306 g/mol. The molecule has 3 heterocycles. The van der Waals surface area contributed by atoms with Crippen LogP contribution in [0.25, 0.3) is 10.3 Å². The van der Waals surface area contributed by atoms with Crippen LogP contribution in [0.15, 0.2) is 3.92 Å². The zero-order valence-corrected chi connectivity index (χ0v) is 11.3. The summed E-state index contributed by atoms with van der Waals surface area (Å²) in [6, 6.07) is 0. The number of ether oxygens (including phenoxy) is 1. The van der Waals surface area contributed by atoms with E-state index in [9.17, 15) is 0 Å². The number of anilines is 2. The first-order chi connectivity index (χ1) is 8.24. The number of nitrogens with zero attached hydrogens (tertiary/aromatic N) is 4. The maximum absolute atomic E-state index is 5.71. The number of thiazole rings is 1. The first kappa shape index (κ1) is 11.1. The van der Waals surface area contributed by atoms with Gasteiger partial charge in [0.2, 0.25) is 5.95 Å². The van der Waals surface area contributed by atoms with Gasteiger partial charge in [-0.2, -0.15) is 9.97 Å². The summed E-state index contributed by atoms with van der Waals surface area (Å²) in [5, 5.41) is 0. The van der Waals surface area contributed by atoms with Crippen molar-refractivity contribution in [3.05, 3.63) is 3.92 Å². The summed E-state index contributed by atoms with van der Waals surface area (Å²) in [6.07, 6.45) is 0. The van der Waals surface area contributed by atoms with Crippen LogP contribution in [-0.4, -0.2) is 41.3 Å². The SMILES string of the molecule is Nc1nc(N2CCOCC2)c2sc(Br)nc2n1. The van der Waals surface area contributed by atoms with E-state index in [4.69, 9.17) is 10.5 Å². The molecule has 8 heteroatoms. The Morgan fingerprint density at radius 2 is 2.00 bits per heavy atom. The molecule has 1 aliphatic heterocycles.